The number of thiazole rings is 1. The molecular formula is C25H30N4O2S. The van der Waals surface area contributed by atoms with Crippen molar-refractivity contribution in [1.82, 2.24) is 14.9 Å². The van der Waals surface area contributed by atoms with E-state index in [2.05, 4.69) is 40.6 Å². The zero-order chi connectivity index (χ0) is 22.6. The fourth-order valence-electron chi connectivity index (χ4n) is 3.79. The maximum Gasteiger partial charge on any atom is 0.410 e. The van der Waals surface area contributed by atoms with Crippen LogP contribution in [-0.2, 0) is 11.2 Å². The number of likely N-dealkylation sites (tertiary alicyclic amines) is 1. The van der Waals surface area contributed by atoms with Gasteiger partial charge in [0.2, 0.25) is 0 Å². The number of hydrogen-bond acceptors (Lipinski definition) is 6. The number of carbonyl (C=O) groups excluding carboxylic acids is 1. The molecule has 3 aromatic rings. The van der Waals surface area contributed by atoms with Crippen molar-refractivity contribution in [2.24, 2.45) is 0 Å². The molecule has 0 saturated carbocycles. The van der Waals surface area contributed by atoms with Gasteiger partial charge >= 0.3 is 6.09 Å². The van der Waals surface area contributed by atoms with E-state index in [1.807, 2.05) is 45.2 Å². The topological polar surface area (TPSA) is 67.3 Å². The van der Waals surface area contributed by atoms with E-state index >= 15 is 0 Å². The van der Waals surface area contributed by atoms with Gasteiger partial charge < -0.3 is 15.0 Å². The van der Waals surface area contributed by atoms with Crippen LogP contribution in [0.2, 0.25) is 0 Å². The van der Waals surface area contributed by atoms with Crippen molar-refractivity contribution in [3.8, 4) is 0 Å². The molecule has 7 heteroatoms. The Balaban J connectivity index is 1.34. The molecule has 0 spiro atoms. The van der Waals surface area contributed by atoms with Gasteiger partial charge in [0, 0.05) is 42.2 Å². The van der Waals surface area contributed by atoms with E-state index in [1.165, 1.54) is 10.4 Å². The number of nitrogens with zero attached hydrogens (tertiary/aromatic N) is 3. The number of nitrogens with one attached hydrogen (secondary N) is 1. The molecule has 1 aliphatic heterocycles. The first-order valence-corrected chi connectivity index (χ1v) is 11.9. The third kappa shape index (κ3) is 6.07. The van der Waals surface area contributed by atoms with Crippen molar-refractivity contribution in [2.75, 3.05) is 18.4 Å². The fourth-order valence-corrected chi connectivity index (χ4v) is 4.64. The van der Waals surface area contributed by atoms with Crippen molar-refractivity contribution in [3.63, 3.8) is 0 Å². The van der Waals surface area contributed by atoms with Gasteiger partial charge in [-0.2, -0.15) is 0 Å². The second-order valence-electron chi connectivity index (χ2n) is 9.11. The van der Waals surface area contributed by atoms with Crippen molar-refractivity contribution in [1.29, 1.82) is 0 Å². The van der Waals surface area contributed by atoms with E-state index in [4.69, 9.17) is 9.72 Å². The van der Waals surface area contributed by atoms with Crippen LogP contribution in [0.1, 0.15) is 55.7 Å². The summed E-state index contributed by atoms with van der Waals surface area (Å²) in [5.41, 5.74) is 1.87. The Kier molecular flexibility index (Phi) is 6.74. The maximum absolute atomic E-state index is 12.3. The van der Waals surface area contributed by atoms with Crippen LogP contribution in [0.3, 0.4) is 0 Å². The Morgan fingerprint density at radius 3 is 2.59 bits per heavy atom. The van der Waals surface area contributed by atoms with Crippen LogP contribution in [0.15, 0.2) is 54.7 Å². The molecule has 3 heterocycles. The van der Waals surface area contributed by atoms with Crippen LogP contribution >= 0.6 is 11.3 Å². The van der Waals surface area contributed by atoms with Gasteiger partial charge in [0.05, 0.1) is 0 Å². The summed E-state index contributed by atoms with van der Waals surface area (Å²) in [6, 6.07) is 16.5. The predicted octanol–water partition coefficient (Wildman–Crippen LogP) is 5.99. The minimum Gasteiger partial charge on any atom is -0.444 e. The van der Waals surface area contributed by atoms with Gasteiger partial charge in [0.1, 0.15) is 11.4 Å². The number of benzene rings is 1. The van der Waals surface area contributed by atoms with Crippen molar-refractivity contribution >= 4 is 28.4 Å². The molecule has 0 bridgehead atoms. The van der Waals surface area contributed by atoms with Crippen LogP contribution in [0.5, 0.6) is 0 Å². The quantitative estimate of drug-likeness (QED) is 0.517. The molecule has 1 N–H and O–H groups in total. The number of amides is 1. The molecule has 1 aliphatic rings. The molecule has 0 unspecified atom stereocenters. The van der Waals surface area contributed by atoms with Crippen molar-refractivity contribution in [3.05, 3.63) is 70.9 Å². The summed E-state index contributed by atoms with van der Waals surface area (Å²) in [5, 5.41) is 4.20. The molecule has 4 rings (SSSR count). The highest BCUT2D eigenvalue weighted by atomic mass is 32.1. The van der Waals surface area contributed by atoms with Crippen molar-refractivity contribution in [2.45, 2.75) is 51.6 Å². The first kappa shape index (κ1) is 22.3. The number of rotatable bonds is 5. The minimum atomic E-state index is -0.466. The first-order chi connectivity index (χ1) is 15.4. The zero-order valence-electron chi connectivity index (χ0n) is 18.9. The molecule has 168 valence electrons. The number of carbonyl (C=O) groups is 1. The van der Waals surface area contributed by atoms with Gasteiger partial charge in [0.25, 0.3) is 0 Å². The van der Waals surface area contributed by atoms with Gasteiger partial charge in [-0.1, -0.05) is 36.4 Å². The number of anilines is 2. The Bertz CT molecular complexity index is 1040. The summed E-state index contributed by atoms with van der Waals surface area (Å²) in [4.78, 5) is 24.7. The average molecular weight is 451 g/mol. The maximum atomic E-state index is 12.3. The molecule has 0 aliphatic carbocycles. The van der Waals surface area contributed by atoms with E-state index in [0.717, 1.165) is 35.9 Å². The number of ether oxygens (including phenoxy) is 1. The van der Waals surface area contributed by atoms with Crippen LogP contribution in [-0.4, -0.2) is 39.7 Å². The van der Waals surface area contributed by atoms with E-state index in [9.17, 15) is 4.79 Å². The molecule has 0 atom stereocenters. The van der Waals surface area contributed by atoms with Gasteiger partial charge in [-0.3, -0.25) is 0 Å². The Labute approximate surface area is 193 Å². The lowest BCUT2D eigenvalue weighted by Gasteiger charge is -2.33. The third-order valence-electron chi connectivity index (χ3n) is 5.35. The SMILES string of the molecule is CC(C)(C)OC(=O)N1CCC(c2cccc(Nc3ncc(Cc4ccccc4)s3)n2)CC1. The molecule has 6 nitrogen and oxygen atoms in total. The standard InChI is InChI=1S/C25H30N4O2S/c1-25(2,3)31-24(30)29-14-12-19(13-15-29)21-10-7-11-22(27-21)28-23-26-17-20(32-23)16-18-8-5-4-6-9-18/h4-11,17,19H,12-16H2,1-3H3,(H,26,27,28). The zero-order valence-corrected chi connectivity index (χ0v) is 19.7. The van der Waals surface area contributed by atoms with Gasteiger partial charge in [-0.25, -0.2) is 14.8 Å². The van der Waals surface area contributed by atoms with Crippen LogP contribution < -0.4 is 5.32 Å². The lowest BCUT2D eigenvalue weighted by Crippen LogP contribution is -2.41. The largest absolute Gasteiger partial charge is 0.444 e. The van der Waals surface area contributed by atoms with Gasteiger partial charge in [-0.05, 0) is 51.3 Å². The molecule has 32 heavy (non-hydrogen) atoms. The lowest BCUT2D eigenvalue weighted by molar-refractivity contribution is 0.0204. The summed E-state index contributed by atoms with van der Waals surface area (Å²) < 4.78 is 5.50. The van der Waals surface area contributed by atoms with E-state index in [1.54, 1.807) is 16.2 Å². The normalized spacial score (nSPS) is 14.9. The Morgan fingerprint density at radius 2 is 1.88 bits per heavy atom. The third-order valence-corrected chi connectivity index (χ3v) is 6.26. The Hall–Kier alpha value is -2.93. The highest BCUT2D eigenvalue weighted by Gasteiger charge is 2.28. The fraction of sp³-hybridized carbons (Fsp3) is 0.400. The van der Waals surface area contributed by atoms with Gasteiger partial charge in [0.15, 0.2) is 5.13 Å². The van der Waals surface area contributed by atoms with E-state index in [0.29, 0.717) is 19.0 Å². The summed E-state index contributed by atoms with van der Waals surface area (Å²) >= 11 is 1.65. The molecule has 0 radical (unpaired) electrons. The molecule has 2 aromatic heterocycles. The summed E-state index contributed by atoms with van der Waals surface area (Å²) in [6.45, 7) is 7.07. The molecule has 1 amide bonds. The monoisotopic (exact) mass is 450 g/mol. The molecule has 1 fully saturated rings. The Morgan fingerprint density at radius 1 is 1.12 bits per heavy atom. The number of aromatic nitrogens is 2. The number of piperidine rings is 1. The number of pyridine rings is 1. The van der Waals surface area contributed by atoms with E-state index in [-0.39, 0.29) is 6.09 Å². The molecular weight excluding hydrogens is 420 g/mol. The minimum absolute atomic E-state index is 0.227. The molecule has 1 saturated heterocycles. The number of hydrogen-bond donors (Lipinski definition) is 1. The van der Waals surface area contributed by atoms with Crippen LogP contribution in [0, 0.1) is 0 Å². The van der Waals surface area contributed by atoms with Gasteiger partial charge in [-0.15, -0.1) is 11.3 Å². The lowest BCUT2D eigenvalue weighted by atomic mass is 9.93. The second kappa shape index (κ2) is 9.69. The second-order valence-corrected chi connectivity index (χ2v) is 10.2. The summed E-state index contributed by atoms with van der Waals surface area (Å²) in [5.74, 6) is 1.14. The predicted molar refractivity (Wildman–Crippen MR) is 129 cm³/mol. The summed E-state index contributed by atoms with van der Waals surface area (Å²) in [6.07, 6.45) is 4.34. The highest BCUT2D eigenvalue weighted by Crippen LogP contribution is 2.29. The first-order valence-electron chi connectivity index (χ1n) is 11.1. The smallest absolute Gasteiger partial charge is 0.410 e. The van der Waals surface area contributed by atoms with E-state index < -0.39 is 5.60 Å². The summed E-state index contributed by atoms with van der Waals surface area (Å²) in [7, 11) is 0. The highest BCUT2D eigenvalue weighted by molar-refractivity contribution is 7.15. The average Bonchev–Trinajstić information content (AvgIpc) is 3.20. The van der Waals surface area contributed by atoms with Crippen LogP contribution in [0.25, 0.3) is 0 Å². The molecule has 1 aromatic carbocycles. The van der Waals surface area contributed by atoms with Crippen LogP contribution in [0.4, 0.5) is 15.7 Å². The van der Waals surface area contributed by atoms with Crippen molar-refractivity contribution < 1.29 is 9.53 Å².